The monoisotopic (exact) mass is 349 g/mol. The predicted molar refractivity (Wildman–Crippen MR) is 85.6 cm³/mol. The lowest BCUT2D eigenvalue weighted by Crippen LogP contribution is -2.05. The lowest BCUT2D eigenvalue weighted by atomic mass is 10.1. The summed E-state index contributed by atoms with van der Waals surface area (Å²) in [5, 5.41) is 0.671. The van der Waals surface area contributed by atoms with Crippen molar-refractivity contribution in [1.82, 2.24) is 9.55 Å². The standard InChI is InChI=1S/C15H13BrClN3/c1-2-7-20-14(18)13(19-15(20)9-3-4-9)11-6-5-10(17)8-12(11)16/h1,5-6,8-9H,3-4,7,18H2. The summed E-state index contributed by atoms with van der Waals surface area (Å²) in [6, 6.07) is 5.59. The van der Waals surface area contributed by atoms with Gasteiger partial charge in [-0.05, 0) is 25.0 Å². The van der Waals surface area contributed by atoms with Crippen molar-refractivity contribution in [2.75, 3.05) is 5.73 Å². The Kier molecular flexibility index (Phi) is 3.49. The second kappa shape index (κ2) is 5.16. The first kappa shape index (κ1) is 13.5. The number of aromatic nitrogens is 2. The van der Waals surface area contributed by atoms with Gasteiger partial charge in [-0.15, -0.1) is 6.42 Å². The maximum Gasteiger partial charge on any atom is 0.132 e. The van der Waals surface area contributed by atoms with E-state index in [-0.39, 0.29) is 0 Å². The molecular formula is C15H13BrClN3. The van der Waals surface area contributed by atoms with E-state index in [1.165, 1.54) is 0 Å². The Hall–Kier alpha value is -1.44. The minimum absolute atomic E-state index is 0.454. The van der Waals surface area contributed by atoms with E-state index >= 15 is 0 Å². The third-order valence-electron chi connectivity index (χ3n) is 3.41. The van der Waals surface area contributed by atoms with Crippen molar-refractivity contribution in [3.8, 4) is 23.6 Å². The van der Waals surface area contributed by atoms with Gasteiger partial charge in [-0.2, -0.15) is 0 Å². The fourth-order valence-electron chi connectivity index (χ4n) is 2.27. The second-order valence-electron chi connectivity index (χ2n) is 4.89. The van der Waals surface area contributed by atoms with Crippen molar-refractivity contribution in [3.63, 3.8) is 0 Å². The van der Waals surface area contributed by atoms with Crippen molar-refractivity contribution >= 4 is 33.3 Å². The first-order valence-corrected chi connectivity index (χ1v) is 7.53. The van der Waals surface area contributed by atoms with Gasteiger partial charge in [0.2, 0.25) is 0 Å². The van der Waals surface area contributed by atoms with E-state index in [2.05, 4.69) is 21.9 Å². The van der Waals surface area contributed by atoms with Gasteiger partial charge in [0.25, 0.3) is 0 Å². The number of nitrogens with zero attached hydrogens (tertiary/aromatic N) is 2. The molecule has 1 aliphatic rings. The highest BCUT2D eigenvalue weighted by Gasteiger charge is 2.31. The van der Waals surface area contributed by atoms with Gasteiger partial charge in [-0.25, -0.2) is 4.98 Å². The first-order chi connectivity index (χ1) is 9.61. The number of hydrogen-bond acceptors (Lipinski definition) is 2. The van der Waals surface area contributed by atoms with Gasteiger partial charge in [-0.3, -0.25) is 0 Å². The molecule has 1 aromatic carbocycles. The molecular weight excluding hydrogens is 338 g/mol. The van der Waals surface area contributed by atoms with Gasteiger partial charge < -0.3 is 10.3 Å². The SMILES string of the molecule is C#CCn1c(C2CC2)nc(-c2ccc(Cl)cc2Br)c1N. The van der Waals surface area contributed by atoms with Gasteiger partial charge in [-0.1, -0.05) is 39.5 Å². The Bertz CT molecular complexity index is 711. The van der Waals surface area contributed by atoms with Crippen LogP contribution in [0.2, 0.25) is 5.02 Å². The van der Waals surface area contributed by atoms with Crippen LogP contribution < -0.4 is 5.73 Å². The summed E-state index contributed by atoms with van der Waals surface area (Å²) >= 11 is 9.49. The zero-order valence-electron chi connectivity index (χ0n) is 10.7. The van der Waals surface area contributed by atoms with Gasteiger partial charge >= 0.3 is 0 Å². The zero-order valence-corrected chi connectivity index (χ0v) is 13.1. The van der Waals surface area contributed by atoms with Crippen LogP contribution in [-0.4, -0.2) is 9.55 Å². The molecule has 102 valence electrons. The van der Waals surface area contributed by atoms with Crippen LogP contribution in [0.3, 0.4) is 0 Å². The van der Waals surface area contributed by atoms with E-state index in [0.29, 0.717) is 23.3 Å². The van der Waals surface area contributed by atoms with Crippen molar-refractivity contribution < 1.29 is 0 Å². The molecule has 2 N–H and O–H groups in total. The minimum Gasteiger partial charge on any atom is -0.383 e. The largest absolute Gasteiger partial charge is 0.383 e. The molecule has 3 nitrogen and oxygen atoms in total. The van der Waals surface area contributed by atoms with E-state index in [1.807, 2.05) is 22.8 Å². The molecule has 0 saturated heterocycles. The first-order valence-electron chi connectivity index (χ1n) is 6.36. The highest BCUT2D eigenvalue weighted by Crippen LogP contribution is 2.43. The number of benzene rings is 1. The number of terminal acetylenes is 1. The number of nitrogens with two attached hydrogens (primary N) is 1. The van der Waals surface area contributed by atoms with Crippen LogP contribution in [0, 0.1) is 12.3 Å². The molecule has 1 saturated carbocycles. The molecule has 1 fully saturated rings. The smallest absolute Gasteiger partial charge is 0.132 e. The fraction of sp³-hybridized carbons (Fsp3) is 0.267. The van der Waals surface area contributed by atoms with E-state index in [1.54, 1.807) is 0 Å². The van der Waals surface area contributed by atoms with Crippen LogP contribution in [0.1, 0.15) is 24.6 Å². The summed E-state index contributed by atoms with van der Waals surface area (Å²) in [6.45, 7) is 0.454. The van der Waals surface area contributed by atoms with Gasteiger partial charge in [0.05, 0.1) is 6.54 Å². The van der Waals surface area contributed by atoms with Crippen LogP contribution >= 0.6 is 27.5 Å². The number of nitrogen functional groups attached to an aromatic ring is 1. The molecule has 0 amide bonds. The molecule has 3 rings (SSSR count). The topological polar surface area (TPSA) is 43.8 Å². The maximum atomic E-state index is 6.25. The average molecular weight is 351 g/mol. The van der Waals surface area contributed by atoms with Crippen LogP contribution in [0.5, 0.6) is 0 Å². The van der Waals surface area contributed by atoms with Crippen molar-refractivity contribution in [2.45, 2.75) is 25.3 Å². The fourth-order valence-corrected chi connectivity index (χ4v) is 3.14. The van der Waals surface area contributed by atoms with Crippen LogP contribution in [0.4, 0.5) is 5.82 Å². The lowest BCUT2D eigenvalue weighted by Gasteiger charge is -2.05. The molecule has 0 unspecified atom stereocenters. The molecule has 20 heavy (non-hydrogen) atoms. The van der Waals surface area contributed by atoms with Gasteiger partial charge in [0, 0.05) is 21.0 Å². The minimum atomic E-state index is 0.454. The number of imidazole rings is 1. The van der Waals surface area contributed by atoms with E-state index in [0.717, 1.165) is 34.4 Å². The number of halogens is 2. The molecule has 0 radical (unpaired) electrons. The van der Waals surface area contributed by atoms with Crippen LogP contribution in [0.25, 0.3) is 11.3 Å². The third-order valence-corrected chi connectivity index (χ3v) is 4.31. The third kappa shape index (κ3) is 2.32. The molecule has 0 aliphatic heterocycles. The molecule has 0 spiro atoms. The summed E-state index contributed by atoms with van der Waals surface area (Å²) in [5.74, 6) is 4.75. The Labute approximate surface area is 131 Å². The van der Waals surface area contributed by atoms with Crippen LogP contribution in [-0.2, 0) is 6.54 Å². The quantitative estimate of drug-likeness (QED) is 0.848. The molecule has 1 heterocycles. The normalized spacial score (nSPS) is 14.2. The summed E-state index contributed by atoms with van der Waals surface area (Å²) in [5.41, 5.74) is 7.95. The zero-order chi connectivity index (χ0) is 14.3. The molecule has 0 bridgehead atoms. The molecule has 5 heteroatoms. The van der Waals surface area contributed by atoms with E-state index in [4.69, 9.17) is 28.7 Å². The Morgan fingerprint density at radius 2 is 2.25 bits per heavy atom. The average Bonchev–Trinajstić information content (AvgIpc) is 3.19. The Morgan fingerprint density at radius 1 is 1.50 bits per heavy atom. The molecule has 2 aromatic rings. The number of anilines is 1. The van der Waals surface area contributed by atoms with E-state index < -0.39 is 0 Å². The lowest BCUT2D eigenvalue weighted by molar-refractivity contribution is 0.762. The maximum absolute atomic E-state index is 6.25. The van der Waals surface area contributed by atoms with Gasteiger partial charge in [0.1, 0.15) is 17.3 Å². The molecule has 0 atom stereocenters. The molecule has 1 aliphatic carbocycles. The van der Waals surface area contributed by atoms with Crippen LogP contribution in [0.15, 0.2) is 22.7 Å². The summed E-state index contributed by atoms with van der Waals surface area (Å²) < 4.78 is 2.82. The summed E-state index contributed by atoms with van der Waals surface area (Å²) in [7, 11) is 0. The Balaban J connectivity index is 2.14. The van der Waals surface area contributed by atoms with Crippen molar-refractivity contribution in [3.05, 3.63) is 33.5 Å². The highest BCUT2D eigenvalue weighted by molar-refractivity contribution is 9.10. The number of hydrogen-bond donors (Lipinski definition) is 1. The summed E-state index contributed by atoms with van der Waals surface area (Å²) in [4.78, 5) is 4.72. The Morgan fingerprint density at radius 3 is 2.85 bits per heavy atom. The number of rotatable bonds is 3. The van der Waals surface area contributed by atoms with E-state index in [9.17, 15) is 0 Å². The van der Waals surface area contributed by atoms with Crippen molar-refractivity contribution in [1.29, 1.82) is 0 Å². The molecule has 1 aromatic heterocycles. The summed E-state index contributed by atoms with van der Waals surface area (Å²) in [6.07, 6.45) is 7.75. The van der Waals surface area contributed by atoms with Gasteiger partial charge in [0.15, 0.2) is 0 Å². The second-order valence-corrected chi connectivity index (χ2v) is 6.18. The van der Waals surface area contributed by atoms with Crippen molar-refractivity contribution in [2.24, 2.45) is 0 Å². The highest BCUT2D eigenvalue weighted by atomic mass is 79.9. The predicted octanol–water partition coefficient (Wildman–Crippen LogP) is 4.06.